The van der Waals surface area contributed by atoms with Crippen molar-refractivity contribution in [3.05, 3.63) is 35.9 Å². The third-order valence-corrected chi connectivity index (χ3v) is 4.51. The molecule has 1 saturated heterocycles. The molecule has 1 fully saturated rings. The zero-order valence-electron chi connectivity index (χ0n) is 15.8. The summed E-state index contributed by atoms with van der Waals surface area (Å²) >= 11 is 0. The number of piperidine rings is 1. The molecule has 146 valence electrons. The lowest BCUT2D eigenvalue weighted by atomic mass is 9.93. The maximum absolute atomic E-state index is 12.4. The van der Waals surface area contributed by atoms with Crippen LogP contribution in [-0.2, 0) is 14.3 Å². The lowest BCUT2D eigenvalue weighted by Crippen LogP contribution is -2.49. The van der Waals surface area contributed by atoms with Crippen molar-refractivity contribution < 1.29 is 19.1 Å². The number of carbonyl (C=O) groups is 2. The summed E-state index contributed by atoms with van der Waals surface area (Å²) in [6, 6.07) is 8.90. The lowest BCUT2D eigenvalue weighted by molar-refractivity contribution is -0.155. The number of hydrogen-bond acceptors (Lipinski definition) is 5. The van der Waals surface area contributed by atoms with Gasteiger partial charge in [-0.2, -0.15) is 0 Å². The first kappa shape index (κ1) is 22.5. The van der Waals surface area contributed by atoms with Crippen LogP contribution in [0.15, 0.2) is 30.3 Å². The van der Waals surface area contributed by atoms with Gasteiger partial charge in [-0.25, -0.2) is 4.79 Å². The highest BCUT2D eigenvalue weighted by Crippen LogP contribution is 2.23. The summed E-state index contributed by atoms with van der Waals surface area (Å²) in [4.78, 5) is 27.0. The molecular weight excluding hydrogens is 354 g/mol. The Kier molecular flexibility index (Phi) is 9.66. The highest BCUT2D eigenvalue weighted by atomic mass is 35.5. The fourth-order valence-electron chi connectivity index (χ4n) is 3.04. The quantitative estimate of drug-likeness (QED) is 0.674. The van der Waals surface area contributed by atoms with Gasteiger partial charge in [-0.05, 0) is 44.4 Å². The van der Waals surface area contributed by atoms with Crippen molar-refractivity contribution in [2.24, 2.45) is 11.8 Å². The number of hydrogen-bond donors (Lipinski definition) is 0. The molecule has 1 aromatic rings. The van der Waals surface area contributed by atoms with Crippen molar-refractivity contribution in [2.75, 3.05) is 26.2 Å². The van der Waals surface area contributed by atoms with Gasteiger partial charge in [-0.1, -0.05) is 32.0 Å². The number of likely N-dealkylation sites (tertiary alicyclic amines) is 1. The molecule has 26 heavy (non-hydrogen) atoms. The SMILES string of the molecule is CCOC(=O)C1CN(CCC(C)C)CCC1OC(=O)c1ccccc1.Cl. The number of benzene rings is 1. The van der Waals surface area contributed by atoms with Crippen molar-refractivity contribution in [3.8, 4) is 0 Å². The molecule has 1 heterocycles. The Bertz CT molecular complexity index is 564. The van der Waals surface area contributed by atoms with Crippen LogP contribution in [0.3, 0.4) is 0 Å². The third kappa shape index (κ3) is 6.61. The molecule has 1 aliphatic rings. The van der Waals surface area contributed by atoms with E-state index in [-0.39, 0.29) is 24.3 Å². The van der Waals surface area contributed by atoms with E-state index >= 15 is 0 Å². The number of carbonyl (C=O) groups excluding carboxylic acids is 2. The van der Waals surface area contributed by atoms with Crippen LogP contribution < -0.4 is 0 Å². The van der Waals surface area contributed by atoms with Crippen molar-refractivity contribution in [1.82, 2.24) is 4.90 Å². The van der Waals surface area contributed by atoms with Gasteiger partial charge in [0, 0.05) is 13.1 Å². The van der Waals surface area contributed by atoms with E-state index in [0.717, 1.165) is 19.5 Å². The Morgan fingerprint density at radius 3 is 2.54 bits per heavy atom. The van der Waals surface area contributed by atoms with Crippen LogP contribution in [0.5, 0.6) is 0 Å². The first-order valence-electron chi connectivity index (χ1n) is 9.16. The van der Waals surface area contributed by atoms with Crippen molar-refractivity contribution in [1.29, 1.82) is 0 Å². The van der Waals surface area contributed by atoms with E-state index in [1.54, 1.807) is 31.2 Å². The smallest absolute Gasteiger partial charge is 0.338 e. The summed E-state index contributed by atoms with van der Waals surface area (Å²) in [7, 11) is 0. The van der Waals surface area contributed by atoms with Gasteiger partial charge in [0.25, 0.3) is 0 Å². The first-order valence-corrected chi connectivity index (χ1v) is 9.16. The number of halogens is 1. The average molecular weight is 384 g/mol. The fraction of sp³-hybridized carbons (Fsp3) is 0.600. The van der Waals surface area contributed by atoms with Gasteiger partial charge >= 0.3 is 11.9 Å². The minimum absolute atomic E-state index is 0. The normalized spacial score (nSPS) is 20.3. The topological polar surface area (TPSA) is 55.8 Å². The molecule has 0 bridgehead atoms. The van der Waals surface area contributed by atoms with Gasteiger partial charge in [0.2, 0.25) is 0 Å². The van der Waals surface area contributed by atoms with Crippen LogP contribution in [0.25, 0.3) is 0 Å². The largest absolute Gasteiger partial charge is 0.466 e. The summed E-state index contributed by atoms with van der Waals surface area (Å²) in [5.41, 5.74) is 0.507. The molecule has 2 rings (SSSR count). The van der Waals surface area contributed by atoms with Crippen molar-refractivity contribution in [3.63, 3.8) is 0 Å². The summed E-state index contributed by atoms with van der Waals surface area (Å²) in [6.07, 6.45) is 1.31. The van der Waals surface area contributed by atoms with Gasteiger partial charge in [0.1, 0.15) is 12.0 Å². The van der Waals surface area contributed by atoms with Crippen LogP contribution >= 0.6 is 12.4 Å². The van der Waals surface area contributed by atoms with E-state index < -0.39 is 12.0 Å². The Hall–Kier alpha value is -1.59. The van der Waals surface area contributed by atoms with Gasteiger partial charge in [0.15, 0.2) is 0 Å². The molecular formula is C20H30ClNO4. The fourth-order valence-corrected chi connectivity index (χ4v) is 3.04. The van der Waals surface area contributed by atoms with Crippen LogP contribution in [0.2, 0.25) is 0 Å². The average Bonchev–Trinajstić information content (AvgIpc) is 2.61. The summed E-state index contributed by atoms with van der Waals surface area (Å²) < 4.78 is 10.9. The van der Waals surface area contributed by atoms with Gasteiger partial charge in [0.05, 0.1) is 12.2 Å². The summed E-state index contributed by atoms with van der Waals surface area (Å²) in [5, 5.41) is 0. The number of rotatable bonds is 7. The summed E-state index contributed by atoms with van der Waals surface area (Å²) in [5.74, 6) is -0.457. The highest BCUT2D eigenvalue weighted by molar-refractivity contribution is 5.89. The van der Waals surface area contributed by atoms with Crippen LogP contribution in [0.1, 0.15) is 44.0 Å². The Morgan fingerprint density at radius 2 is 1.92 bits per heavy atom. The molecule has 0 amide bonds. The van der Waals surface area contributed by atoms with E-state index in [2.05, 4.69) is 18.7 Å². The Balaban J connectivity index is 0.00000338. The third-order valence-electron chi connectivity index (χ3n) is 4.51. The standard InChI is InChI=1S/C20H29NO4.ClH/c1-4-24-20(23)17-14-21(12-10-15(2)3)13-11-18(17)25-19(22)16-8-6-5-7-9-16;/h5-9,15,17-18H,4,10-14H2,1-3H3;1H. The predicted molar refractivity (Wildman–Crippen MR) is 104 cm³/mol. The van der Waals surface area contributed by atoms with E-state index in [0.29, 0.717) is 31.1 Å². The molecule has 0 radical (unpaired) electrons. The zero-order chi connectivity index (χ0) is 18.2. The maximum atomic E-state index is 12.4. The van der Waals surface area contributed by atoms with Crippen molar-refractivity contribution >= 4 is 24.3 Å². The van der Waals surface area contributed by atoms with E-state index in [1.165, 1.54) is 0 Å². The van der Waals surface area contributed by atoms with Crippen LogP contribution in [0, 0.1) is 11.8 Å². The monoisotopic (exact) mass is 383 g/mol. The Morgan fingerprint density at radius 1 is 1.23 bits per heavy atom. The molecule has 6 heteroatoms. The lowest BCUT2D eigenvalue weighted by Gasteiger charge is -2.37. The van der Waals surface area contributed by atoms with Gasteiger partial charge < -0.3 is 14.4 Å². The minimum Gasteiger partial charge on any atom is -0.466 e. The molecule has 1 aliphatic heterocycles. The first-order chi connectivity index (χ1) is 12.0. The summed E-state index contributed by atoms with van der Waals surface area (Å²) in [6.45, 7) is 8.87. The molecule has 0 saturated carbocycles. The number of esters is 2. The molecule has 2 atom stereocenters. The predicted octanol–water partition coefficient (Wildman–Crippen LogP) is 3.56. The number of nitrogens with zero attached hydrogens (tertiary/aromatic N) is 1. The Labute approximate surface area is 162 Å². The molecule has 5 nitrogen and oxygen atoms in total. The maximum Gasteiger partial charge on any atom is 0.338 e. The zero-order valence-corrected chi connectivity index (χ0v) is 16.7. The van der Waals surface area contributed by atoms with Crippen LogP contribution in [-0.4, -0.2) is 49.2 Å². The second-order valence-corrected chi connectivity index (χ2v) is 6.94. The van der Waals surface area contributed by atoms with Crippen LogP contribution in [0.4, 0.5) is 0 Å². The second-order valence-electron chi connectivity index (χ2n) is 6.94. The minimum atomic E-state index is -0.429. The van der Waals surface area contributed by atoms with Gasteiger partial charge in [-0.15, -0.1) is 12.4 Å². The second kappa shape index (κ2) is 11.2. The van der Waals surface area contributed by atoms with E-state index in [1.807, 2.05) is 6.07 Å². The molecule has 0 spiro atoms. The van der Waals surface area contributed by atoms with Gasteiger partial charge in [-0.3, -0.25) is 4.79 Å². The van der Waals surface area contributed by atoms with E-state index in [4.69, 9.17) is 9.47 Å². The number of ether oxygens (including phenoxy) is 2. The molecule has 2 unspecified atom stereocenters. The highest BCUT2D eigenvalue weighted by Gasteiger charge is 2.38. The van der Waals surface area contributed by atoms with E-state index in [9.17, 15) is 9.59 Å². The van der Waals surface area contributed by atoms with Crippen molar-refractivity contribution in [2.45, 2.75) is 39.7 Å². The molecule has 0 N–H and O–H groups in total. The molecule has 0 aromatic heterocycles. The molecule has 0 aliphatic carbocycles. The molecule has 1 aromatic carbocycles.